The van der Waals surface area contributed by atoms with Gasteiger partial charge in [0.25, 0.3) is 0 Å². The number of methoxy groups -OCH3 is 1. The maximum Gasteiger partial charge on any atom is 0.416 e. The first kappa shape index (κ1) is 16.2. The minimum absolute atomic E-state index is 0.0382. The molecule has 0 aromatic carbocycles. The summed E-state index contributed by atoms with van der Waals surface area (Å²) >= 11 is 0. The third-order valence-corrected chi connectivity index (χ3v) is 4.27. The molecule has 1 aliphatic carbocycles. The van der Waals surface area contributed by atoms with Crippen molar-refractivity contribution in [1.82, 2.24) is 10.4 Å². The zero-order valence-corrected chi connectivity index (χ0v) is 11.9. The standard InChI is InChI=1S/C14H20F3N3O/c1-21-13(6-3-2-4-7-13)12(20-18)10-9-19-8-5-11(10)14(15,16)17/h5,8-9,12,20H,2-4,6-7,18H2,1H3. The van der Waals surface area contributed by atoms with E-state index in [0.717, 1.165) is 31.5 Å². The highest BCUT2D eigenvalue weighted by atomic mass is 19.4. The van der Waals surface area contributed by atoms with Crippen LogP contribution in [0.25, 0.3) is 0 Å². The largest absolute Gasteiger partial charge is 0.416 e. The van der Waals surface area contributed by atoms with Crippen molar-refractivity contribution in [3.63, 3.8) is 0 Å². The number of hydrogen-bond donors (Lipinski definition) is 2. The maximum atomic E-state index is 13.2. The van der Waals surface area contributed by atoms with Gasteiger partial charge in [0, 0.05) is 25.1 Å². The molecule has 1 aliphatic rings. The van der Waals surface area contributed by atoms with Gasteiger partial charge in [-0.25, -0.2) is 5.43 Å². The number of hydrogen-bond acceptors (Lipinski definition) is 4. The number of hydrazine groups is 1. The summed E-state index contributed by atoms with van der Waals surface area (Å²) in [6.45, 7) is 0. The fourth-order valence-corrected chi connectivity index (χ4v) is 3.18. The average Bonchev–Trinajstić information content (AvgIpc) is 2.48. The van der Waals surface area contributed by atoms with Crippen molar-refractivity contribution in [1.29, 1.82) is 0 Å². The molecule has 0 radical (unpaired) electrons. The van der Waals surface area contributed by atoms with Gasteiger partial charge in [-0.15, -0.1) is 0 Å². The number of rotatable bonds is 4. The van der Waals surface area contributed by atoms with Gasteiger partial charge in [0.05, 0.1) is 17.2 Å². The highest BCUT2D eigenvalue weighted by Crippen LogP contribution is 2.44. The Morgan fingerprint density at radius 1 is 1.33 bits per heavy atom. The van der Waals surface area contributed by atoms with Crippen molar-refractivity contribution in [3.05, 3.63) is 29.6 Å². The van der Waals surface area contributed by atoms with E-state index >= 15 is 0 Å². The third kappa shape index (κ3) is 3.20. The number of pyridine rings is 1. The highest BCUT2D eigenvalue weighted by molar-refractivity contribution is 5.31. The van der Waals surface area contributed by atoms with Crippen molar-refractivity contribution in [3.8, 4) is 0 Å². The van der Waals surface area contributed by atoms with Gasteiger partial charge in [-0.3, -0.25) is 10.8 Å². The Morgan fingerprint density at radius 3 is 2.52 bits per heavy atom. The van der Waals surface area contributed by atoms with E-state index in [1.54, 1.807) is 0 Å². The van der Waals surface area contributed by atoms with Crippen LogP contribution < -0.4 is 11.3 Å². The van der Waals surface area contributed by atoms with E-state index in [4.69, 9.17) is 10.6 Å². The minimum Gasteiger partial charge on any atom is -0.376 e. The lowest BCUT2D eigenvalue weighted by Gasteiger charge is -2.42. The van der Waals surface area contributed by atoms with Crippen molar-refractivity contribution in [2.24, 2.45) is 5.84 Å². The number of halogens is 3. The first-order chi connectivity index (χ1) is 9.94. The summed E-state index contributed by atoms with van der Waals surface area (Å²) in [5.74, 6) is 5.58. The van der Waals surface area contributed by atoms with Crippen molar-refractivity contribution in [2.45, 2.75) is 49.9 Å². The fourth-order valence-electron chi connectivity index (χ4n) is 3.18. The quantitative estimate of drug-likeness (QED) is 0.663. The van der Waals surface area contributed by atoms with Crippen molar-refractivity contribution < 1.29 is 17.9 Å². The first-order valence-electron chi connectivity index (χ1n) is 6.97. The molecule has 4 nitrogen and oxygen atoms in total. The third-order valence-electron chi connectivity index (χ3n) is 4.27. The van der Waals surface area contributed by atoms with E-state index in [1.165, 1.54) is 13.3 Å². The van der Waals surface area contributed by atoms with Crippen molar-refractivity contribution >= 4 is 0 Å². The van der Waals surface area contributed by atoms with E-state index < -0.39 is 23.4 Å². The summed E-state index contributed by atoms with van der Waals surface area (Å²) in [6.07, 6.45) is 2.14. The summed E-state index contributed by atoms with van der Waals surface area (Å²) in [7, 11) is 1.53. The second-order valence-corrected chi connectivity index (χ2v) is 5.39. The van der Waals surface area contributed by atoms with Crippen molar-refractivity contribution in [2.75, 3.05) is 7.11 Å². The molecule has 0 aliphatic heterocycles. The molecule has 1 aromatic rings. The molecule has 1 heterocycles. The Labute approximate surface area is 121 Å². The van der Waals surface area contributed by atoms with Crippen LogP contribution in [-0.4, -0.2) is 17.7 Å². The normalized spacial score (nSPS) is 20.2. The number of nitrogens with two attached hydrogens (primary N) is 1. The van der Waals surface area contributed by atoms with Crippen LogP contribution in [0, 0.1) is 0 Å². The van der Waals surface area contributed by atoms with Crippen LogP contribution in [0.4, 0.5) is 13.2 Å². The van der Waals surface area contributed by atoms with Crippen LogP contribution in [0.1, 0.15) is 49.3 Å². The molecule has 1 atom stereocenters. The Kier molecular flexibility index (Phi) is 4.85. The number of ether oxygens (including phenoxy) is 1. The Hall–Kier alpha value is -1.18. The van der Waals surface area contributed by atoms with Crippen LogP contribution in [0.5, 0.6) is 0 Å². The fraction of sp³-hybridized carbons (Fsp3) is 0.643. The molecule has 0 saturated heterocycles. The predicted octanol–water partition coefficient (Wildman–Crippen LogP) is 2.95. The maximum absolute atomic E-state index is 13.2. The molecule has 0 amide bonds. The summed E-state index contributed by atoms with van der Waals surface area (Å²) in [5.41, 5.74) is 1.12. The van der Waals surface area contributed by atoms with Gasteiger partial charge in [-0.2, -0.15) is 13.2 Å². The molecule has 7 heteroatoms. The lowest BCUT2D eigenvalue weighted by Crippen LogP contribution is -2.49. The topological polar surface area (TPSA) is 60.2 Å². The number of alkyl halides is 3. The number of nitrogens with zero attached hydrogens (tertiary/aromatic N) is 1. The molecule has 118 valence electrons. The smallest absolute Gasteiger partial charge is 0.376 e. The minimum atomic E-state index is -4.45. The summed E-state index contributed by atoms with van der Waals surface area (Å²) in [6, 6.07) is 0.236. The predicted molar refractivity (Wildman–Crippen MR) is 72.1 cm³/mol. The van der Waals surface area contributed by atoms with E-state index in [0.29, 0.717) is 12.8 Å². The summed E-state index contributed by atoms with van der Waals surface area (Å²) in [4.78, 5) is 3.84. The van der Waals surface area contributed by atoms with Gasteiger partial charge >= 0.3 is 6.18 Å². The first-order valence-corrected chi connectivity index (χ1v) is 6.97. The Morgan fingerprint density at radius 2 is 2.00 bits per heavy atom. The second-order valence-electron chi connectivity index (χ2n) is 5.39. The van der Waals surface area contributed by atoms with E-state index in [-0.39, 0.29) is 5.56 Å². The molecular formula is C14H20F3N3O. The molecule has 3 N–H and O–H groups in total. The second kappa shape index (κ2) is 6.29. The molecule has 0 spiro atoms. The molecule has 1 fully saturated rings. The molecule has 1 unspecified atom stereocenters. The number of nitrogens with one attached hydrogen (secondary N) is 1. The van der Waals surface area contributed by atoms with Crippen LogP contribution in [-0.2, 0) is 10.9 Å². The zero-order valence-electron chi connectivity index (χ0n) is 11.9. The number of aromatic nitrogens is 1. The molecule has 0 bridgehead atoms. The lowest BCUT2D eigenvalue weighted by molar-refractivity contribution is -0.140. The molecule has 21 heavy (non-hydrogen) atoms. The van der Waals surface area contributed by atoms with Gasteiger partial charge in [-0.1, -0.05) is 19.3 Å². The molecular weight excluding hydrogens is 283 g/mol. The van der Waals surface area contributed by atoms with Gasteiger partial charge in [0.2, 0.25) is 0 Å². The van der Waals surface area contributed by atoms with Gasteiger partial charge in [0.15, 0.2) is 0 Å². The van der Waals surface area contributed by atoms with Crippen LogP contribution in [0.2, 0.25) is 0 Å². The highest BCUT2D eigenvalue weighted by Gasteiger charge is 2.44. The van der Waals surface area contributed by atoms with Crippen LogP contribution >= 0.6 is 0 Å². The molecule has 1 saturated carbocycles. The van der Waals surface area contributed by atoms with Crippen LogP contribution in [0.3, 0.4) is 0 Å². The van der Waals surface area contributed by atoms with Gasteiger partial charge in [0.1, 0.15) is 0 Å². The van der Waals surface area contributed by atoms with Crippen LogP contribution in [0.15, 0.2) is 18.5 Å². The SMILES string of the molecule is COC1(C(NN)c2cnccc2C(F)(F)F)CCCCC1. The summed E-state index contributed by atoms with van der Waals surface area (Å²) in [5, 5.41) is 0. The Balaban J connectivity index is 2.46. The van der Waals surface area contributed by atoms with E-state index in [9.17, 15) is 13.2 Å². The Bertz CT molecular complexity index is 473. The van der Waals surface area contributed by atoms with E-state index in [1.807, 2.05) is 0 Å². The monoisotopic (exact) mass is 303 g/mol. The average molecular weight is 303 g/mol. The summed E-state index contributed by atoms with van der Waals surface area (Å²) < 4.78 is 45.2. The zero-order chi connectivity index (χ0) is 15.5. The van der Waals surface area contributed by atoms with Gasteiger partial charge < -0.3 is 4.74 Å². The lowest BCUT2D eigenvalue weighted by atomic mass is 9.76. The van der Waals surface area contributed by atoms with E-state index in [2.05, 4.69) is 10.4 Å². The molecule has 2 rings (SSSR count). The van der Waals surface area contributed by atoms with Gasteiger partial charge in [-0.05, 0) is 18.9 Å². The molecule has 1 aromatic heterocycles.